The highest BCUT2D eigenvalue weighted by molar-refractivity contribution is 5.60. The molecule has 1 N–H and O–H groups in total. The number of aromatic nitrogens is 4. The van der Waals surface area contributed by atoms with Crippen LogP contribution in [0.4, 0.5) is 5.82 Å². The molecule has 0 saturated carbocycles. The predicted molar refractivity (Wildman–Crippen MR) is 81.9 cm³/mol. The van der Waals surface area contributed by atoms with Gasteiger partial charge < -0.3 is 5.32 Å². The van der Waals surface area contributed by atoms with Gasteiger partial charge in [-0.25, -0.2) is 9.97 Å². The van der Waals surface area contributed by atoms with Gasteiger partial charge in [0.05, 0.1) is 17.0 Å². The average Bonchev–Trinajstić information content (AvgIpc) is 2.78. The van der Waals surface area contributed by atoms with Gasteiger partial charge in [-0.05, 0) is 6.42 Å². The summed E-state index contributed by atoms with van der Waals surface area (Å²) >= 11 is 0. The summed E-state index contributed by atoms with van der Waals surface area (Å²) < 4.78 is 1.82. The second kappa shape index (κ2) is 5.23. The van der Waals surface area contributed by atoms with Crippen LogP contribution in [0.1, 0.15) is 39.1 Å². The Morgan fingerprint density at radius 2 is 1.95 bits per heavy atom. The molecule has 0 aliphatic carbocycles. The molecule has 0 fully saturated rings. The molecule has 20 heavy (non-hydrogen) atoms. The molecule has 0 aliphatic heterocycles. The van der Waals surface area contributed by atoms with E-state index in [1.54, 1.807) is 0 Å². The minimum atomic E-state index is -0.0160. The molecule has 0 radical (unpaired) electrons. The molecule has 108 valence electrons. The smallest absolute Gasteiger partial charge is 0.165 e. The number of nitrogens with zero attached hydrogens (tertiary/aromatic N) is 4. The molecular weight excluding hydrogens is 250 g/mol. The molecular formula is C15H23N5. The van der Waals surface area contributed by atoms with E-state index in [9.17, 15) is 0 Å². The Bertz CT molecular complexity index is 607. The topological polar surface area (TPSA) is 55.6 Å². The molecule has 2 rings (SSSR count). The van der Waals surface area contributed by atoms with E-state index in [-0.39, 0.29) is 5.41 Å². The van der Waals surface area contributed by atoms with E-state index in [4.69, 9.17) is 4.98 Å². The number of nitrogens with one attached hydrogen (secondary N) is 1. The van der Waals surface area contributed by atoms with E-state index < -0.39 is 0 Å². The minimum Gasteiger partial charge on any atom is -0.373 e. The quantitative estimate of drug-likeness (QED) is 0.934. The summed E-state index contributed by atoms with van der Waals surface area (Å²) in [4.78, 5) is 9.32. The first-order valence-electron chi connectivity index (χ1n) is 6.95. The largest absolute Gasteiger partial charge is 0.373 e. The molecule has 5 nitrogen and oxygen atoms in total. The van der Waals surface area contributed by atoms with Crippen molar-refractivity contribution in [2.45, 2.75) is 39.5 Å². The van der Waals surface area contributed by atoms with E-state index in [0.29, 0.717) is 0 Å². The lowest BCUT2D eigenvalue weighted by molar-refractivity contribution is 0.568. The summed E-state index contributed by atoms with van der Waals surface area (Å²) in [6.45, 7) is 8.56. The zero-order valence-corrected chi connectivity index (χ0v) is 13.2. The fourth-order valence-electron chi connectivity index (χ4n) is 2.06. The predicted octanol–water partition coefficient (Wildman–Crippen LogP) is 2.78. The standard InChI is InChI=1S/C15H23N5/c1-7-11-10(9-20(6)19-11)14-17-12(15(2,3)4)8-13(16-5)18-14/h8-9H,7H2,1-6H3,(H,16,17,18). The Kier molecular flexibility index (Phi) is 3.79. The molecule has 2 heterocycles. The fraction of sp³-hybridized carbons (Fsp3) is 0.533. The number of anilines is 1. The number of hydrogen-bond donors (Lipinski definition) is 1. The normalized spacial score (nSPS) is 11.7. The van der Waals surface area contributed by atoms with Crippen molar-refractivity contribution in [3.63, 3.8) is 0 Å². The Balaban J connectivity index is 2.61. The summed E-state index contributed by atoms with van der Waals surface area (Å²) in [5.74, 6) is 1.58. The Morgan fingerprint density at radius 1 is 1.25 bits per heavy atom. The van der Waals surface area contributed by atoms with Crippen LogP contribution in [0.5, 0.6) is 0 Å². The molecule has 5 heteroatoms. The van der Waals surface area contributed by atoms with Crippen LogP contribution in [0.25, 0.3) is 11.4 Å². The number of hydrogen-bond acceptors (Lipinski definition) is 4. The SMILES string of the molecule is CCc1nn(C)cc1-c1nc(NC)cc(C(C)(C)C)n1. The zero-order valence-electron chi connectivity index (χ0n) is 13.2. The second-order valence-electron chi connectivity index (χ2n) is 5.98. The maximum atomic E-state index is 4.74. The first kappa shape index (κ1) is 14.5. The Hall–Kier alpha value is -1.91. The lowest BCUT2D eigenvalue weighted by Crippen LogP contribution is -2.15. The summed E-state index contributed by atoms with van der Waals surface area (Å²) in [5.41, 5.74) is 3.05. The van der Waals surface area contributed by atoms with Crippen molar-refractivity contribution in [1.82, 2.24) is 19.7 Å². The Morgan fingerprint density at radius 3 is 2.50 bits per heavy atom. The van der Waals surface area contributed by atoms with Crippen molar-refractivity contribution in [2.75, 3.05) is 12.4 Å². The third-order valence-corrected chi connectivity index (χ3v) is 3.23. The van der Waals surface area contributed by atoms with Crippen LogP contribution in [0, 0.1) is 0 Å². The van der Waals surface area contributed by atoms with Gasteiger partial charge in [-0.3, -0.25) is 4.68 Å². The van der Waals surface area contributed by atoms with Gasteiger partial charge in [0.1, 0.15) is 5.82 Å². The fourth-order valence-corrected chi connectivity index (χ4v) is 2.06. The molecule has 0 unspecified atom stereocenters. The van der Waals surface area contributed by atoms with Crippen molar-refractivity contribution in [3.05, 3.63) is 23.7 Å². The van der Waals surface area contributed by atoms with Gasteiger partial charge in [-0.2, -0.15) is 5.10 Å². The van der Waals surface area contributed by atoms with Crippen LogP contribution in [0.3, 0.4) is 0 Å². The summed E-state index contributed by atoms with van der Waals surface area (Å²) in [6.07, 6.45) is 2.86. The molecule has 0 aromatic carbocycles. The van der Waals surface area contributed by atoms with Crippen molar-refractivity contribution in [1.29, 1.82) is 0 Å². The zero-order chi connectivity index (χ0) is 14.9. The van der Waals surface area contributed by atoms with Crippen LogP contribution in [0.2, 0.25) is 0 Å². The van der Waals surface area contributed by atoms with Crippen LogP contribution < -0.4 is 5.32 Å². The number of aryl methyl sites for hydroxylation is 2. The van der Waals surface area contributed by atoms with Crippen LogP contribution >= 0.6 is 0 Å². The van der Waals surface area contributed by atoms with E-state index in [2.05, 4.69) is 43.1 Å². The lowest BCUT2D eigenvalue weighted by Gasteiger charge is -2.19. The summed E-state index contributed by atoms with van der Waals surface area (Å²) in [5, 5.41) is 7.58. The highest BCUT2D eigenvalue weighted by atomic mass is 15.3. The van der Waals surface area contributed by atoms with E-state index in [0.717, 1.165) is 35.0 Å². The van der Waals surface area contributed by atoms with E-state index >= 15 is 0 Å². The van der Waals surface area contributed by atoms with Gasteiger partial charge in [0, 0.05) is 31.8 Å². The van der Waals surface area contributed by atoms with Gasteiger partial charge in [-0.1, -0.05) is 27.7 Å². The van der Waals surface area contributed by atoms with Gasteiger partial charge >= 0.3 is 0 Å². The third-order valence-electron chi connectivity index (χ3n) is 3.23. The highest BCUT2D eigenvalue weighted by Gasteiger charge is 2.20. The average molecular weight is 273 g/mol. The van der Waals surface area contributed by atoms with Gasteiger partial charge in [0.15, 0.2) is 5.82 Å². The van der Waals surface area contributed by atoms with E-state index in [1.165, 1.54) is 0 Å². The monoisotopic (exact) mass is 273 g/mol. The van der Waals surface area contributed by atoms with Crippen LogP contribution in [-0.2, 0) is 18.9 Å². The van der Waals surface area contributed by atoms with Crippen molar-refractivity contribution >= 4 is 5.82 Å². The van der Waals surface area contributed by atoms with Crippen LogP contribution in [-0.4, -0.2) is 26.8 Å². The van der Waals surface area contributed by atoms with Crippen LogP contribution in [0.15, 0.2) is 12.3 Å². The number of rotatable bonds is 3. The second-order valence-corrected chi connectivity index (χ2v) is 5.98. The Labute approximate surface area is 120 Å². The molecule has 2 aromatic rings. The minimum absolute atomic E-state index is 0.0160. The van der Waals surface area contributed by atoms with Gasteiger partial charge in [-0.15, -0.1) is 0 Å². The maximum absolute atomic E-state index is 4.74. The first-order valence-corrected chi connectivity index (χ1v) is 6.95. The third kappa shape index (κ3) is 2.81. The van der Waals surface area contributed by atoms with Crippen molar-refractivity contribution in [2.24, 2.45) is 7.05 Å². The molecule has 0 spiro atoms. The molecule has 2 aromatic heterocycles. The highest BCUT2D eigenvalue weighted by Crippen LogP contribution is 2.27. The molecule has 0 saturated heterocycles. The lowest BCUT2D eigenvalue weighted by atomic mass is 9.92. The van der Waals surface area contributed by atoms with Gasteiger partial charge in [0.2, 0.25) is 0 Å². The summed E-state index contributed by atoms with van der Waals surface area (Å²) in [6, 6.07) is 2.01. The summed E-state index contributed by atoms with van der Waals surface area (Å²) in [7, 11) is 3.80. The van der Waals surface area contributed by atoms with Gasteiger partial charge in [0.25, 0.3) is 0 Å². The maximum Gasteiger partial charge on any atom is 0.165 e. The molecule has 0 amide bonds. The first-order chi connectivity index (χ1) is 9.35. The van der Waals surface area contributed by atoms with Crippen molar-refractivity contribution in [3.8, 4) is 11.4 Å². The molecule has 0 bridgehead atoms. The van der Waals surface area contributed by atoms with Crippen molar-refractivity contribution < 1.29 is 0 Å². The van der Waals surface area contributed by atoms with E-state index in [1.807, 2.05) is 31.0 Å². The molecule has 0 aliphatic rings. The molecule has 0 atom stereocenters.